The molecule has 1 N–H and O–H groups in total. The Balaban J connectivity index is 1.72. The molecule has 3 rings (SSSR count). The fraction of sp³-hybridized carbons (Fsp3) is 0.400. The predicted octanol–water partition coefficient (Wildman–Crippen LogP) is 1.97. The maximum atomic E-state index is 12.9. The highest BCUT2D eigenvalue weighted by molar-refractivity contribution is 5.31. The summed E-state index contributed by atoms with van der Waals surface area (Å²) in [5, 5.41) is 13.8. The zero-order valence-electron chi connectivity index (χ0n) is 11.2. The van der Waals surface area contributed by atoms with Crippen molar-refractivity contribution in [2.45, 2.75) is 25.4 Å². The summed E-state index contributed by atoms with van der Waals surface area (Å²) in [7, 11) is 0. The van der Waals surface area contributed by atoms with E-state index in [1.54, 1.807) is 16.8 Å². The van der Waals surface area contributed by atoms with E-state index in [-0.39, 0.29) is 18.5 Å². The van der Waals surface area contributed by atoms with E-state index in [0.29, 0.717) is 0 Å². The van der Waals surface area contributed by atoms with Gasteiger partial charge in [-0.25, -0.2) is 9.07 Å². The molecule has 1 atom stereocenters. The molecule has 1 fully saturated rings. The number of aromatic nitrogens is 2. The van der Waals surface area contributed by atoms with Crippen molar-refractivity contribution in [3.63, 3.8) is 0 Å². The molecule has 0 unspecified atom stereocenters. The number of aliphatic hydroxyl groups excluding tert-OH is 1. The van der Waals surface area contributed by atoms with Gasteiger partial charge in [-0.3, -0.25) is 4.90 Å². The Bertz CT molecular complexity index is 567. The Morgan fingerprint density at radius 2 is 2.05 bits per heavy atom. The van der Waals surface area contributed by atoms with Crippen molar-refractivity contribution >= 4 is 0 Å². The molecule has 1 aliphatic heterocycles. The number of hydrogen-bond donors (Lipinski definition) is 1. The van der Waals surface area contributed by atoms with Crippen LogP contribution >= 0.6 is 0 Å². The molecule has 0 radical (unpaired) electrons. The summed E-state index contributed by atoms with van der Waals surface area (Å²) in [5.74, 6) is -0.246. The highest BCUT2D eigenvalue weighted by Gasteiger charge is 2.24. The van der Waals surface area contributed by atoms with Crippen LogP contribution in [0.1, 0.15) is 18.5 Å². The Kier molecular flexibility index (Phi) is 3.80. The molecule has 20 heavy (non-hydrogen) atoms. The SMILES string of the molecule is OC[C@H]1CCCN1Cc1ccn(-c2ccc(F)cc2)n1. The van der Waals surface area contributed by atoms with Crippen molar-refractivity contribution in [3.05, 3.63) is 48.0 Å². The molecule has 1 aromatic carbocycles. The number of rotatable bonds is 4. The minimum Gasteiger partial charge on any atom is -0.395 e. The quantitative estimate of drug-likeness (QED) is 0.927. The first-order valence-corrected chi connectivity index (χ1v) is 6.91. The number of likely N-dealkylation sites (tertiary alicyclic amines) is 1. The van der Waals surface area contributed by atoms with E-state index in [9.17, 15) is 9.50 Å². The van der Waals surface area contributed by atoms with Gasteiger partial charge in [-0.2, -0.15) is 5.10 Å². The van der Waals surface area contributed by atoms with Gasteiger partial charge in [-0.1, -0.05) is 0 Å². The van der Waals surface area contributed by atoms with Gasteiger partial charge in [0.05, 0.1) is 18.0 Å². The third-order valence-electron chi connectivity index (χ3n) is 3.81. The molecule has 0 aliphatic carbocycles. The first kappa shape index (κ1) is 13.3. The first-order chi connectivity index (χ1) is 9.76. The van der Waals surface area contributed by atoms with E-state index in [1.165, 1.54) is 12.1 Å². The molecule has 0 bridgehead atoms. The number of aliphatic hydroxyl groups is 1. The fourth-order valence-electron chi connectivity index (χ4n) is 2.70. The van der Waals surface area contributed by atoms with Crippen LogP contribution < -0.4 is 0 Å². The lowest BCUT2D eigenvalue weighted by molar-refractivity contribution is 0.152. The van der Waals surface area contributed by atoms with Crippen molar-refractivity contribution in [2.75, 3.05) is 13.2 Å². The van der Waals surface area contributed by atoms with Crippen molar-refractivity contribution in [1.82, 2.24) is 14.7 Å². The molecule has 1 saturated heterocycles. The van der Waals surface area contributed by atoms with E-state index in [1.807, 2.05) is 12.3 Å². The van der Waals surface area contributed by atoms with Gasteiger partial charge in [0.2, 0.25) is 0 Å². The van der Waals surface area contributed by atoms with Gasteiger partial charge in [-0.15, -0.1) is 0 Å². The average Bonchev–Trinajstić information content (AvgIpc) is 3.09. The number of benzene rings is 1. The Labute approximate surface area is 117 Å². The Morgan fingerprint density at radius 3 is 2.80 bits per heavy atom. The van der Waals surface area contributed by atoms with Gasteiger partial charge in [0.1, 0.15) is 5.82 Å². The van der Waals surface area contributed by atoms with Crippen LogP contribution in [-0.4, -0.2) is 39.0 Å². The highest BCUT2D eigenvalue weighted by Crippen LogP contribution is 2.19. The maximum absolute atomic E-state index is 12.9. The lowest BCUT2D eigenvalue weighted by Crippen LogP contribution is -2.31. The van der Waals surface area contributed by atoms with Crippen LogP contribution in [0, 0.1) is 5.82 Å². The molecule has 106 valence electrons. The third-order valence-corrected chi connectivity index (χ3v) is 3.81. The van der Waals surface area contributed by atoms with Gasteiger partial charge in [0, 0.05) is 18.8 Å². The molecule has 0 saturated carbocycles. The average molecular weight is 275 g/mol. The lowest BCUT2D eigenvalue weighted by Gasteiger charge is -2.21. The monoisotopic (exact) mass is 275 g/mol. The van der Waals surface area contributed by atoms with Crippen LogP contribution in [0.15, 0.2) is 36.5 Å². The van der Waals surface area contributed by atoms with Crippen molar-refractivity contribution < 1.29 is 9.50 Å². The maximum Gasteiger partial charge on any atom is 0.123 e. The molecular formula is C15H18FN3O. The van der Waals surface area contributed by atoms with Crippen molar-refractivity contribution in [1.29, 1.82) is 0 Å². The fourth-order valence-corrected chi connectivity index (χ4v) is 2.70. The van der Waals surface area contributed by atoms with Crippen molar-refractivity contribution in [3.8, 4) is 5.69 Å². The van der Waals surface area contributed by atoms with Gasteiger partial charge >= 0.3 is 0 Å². The van der Waals surface area contributed by atoms with Crippen LogP contribution in [0.4, 0.5) is 4.39 Å². The standard InChI is InChI=1S/C15H18FN3O/c16-12-3-5-14(6-4-12)19-9-7-13(17-19)10-18-8-1-2-15(18)11-20/h3-7,9,15,20H,1-2,8,10-11H2/t15-/m1/s1. The normalized spacial score (nSPS) is 19.6. The molecule has 4 nitrogen and oxygen atoms in total. The minimum atomic E-state index is -0.246. The predicted molar refractivity (Wildman–Crippen MR) is 74.0 cm³/mol. The molecule has 2 aromatic rings. The molecule has 0 spiro atoms. The Hall–Kier alpha value is -1.72. The van der Waals surface area contributed by atoms with Gasteiger partial charge in [0.25, 0.3) is 0 Å². The molecule has 0 amide bonds. The van der Waals surface area contributed by atoms with Crippen LogP contribution in [0.3, 0.4) is 0 Å². The van der Waals surface area contributed by atoms with Gasteiger partial charge in [0.15, 0.2) is 0 Å². The van der Waals surface area contributed by atoms with E-state index in [2.05, 4.69) is 10.00 Å². The summed E-state index contributed by atoms with van der Waals surface area (Å²) >= 11 is 0. The minimum absolute atomic E-state index is 0.207. The van der Waals surface area contributed by atoms with E-state index in [0.717, 1.165) is 37.3 Å². The number of hydrogen-bond acceptors (Lipinski definition) is 3. The summed E-state index contributed by atoms with van der Waals surface area (Å²) in [4.78, 5) is 2.26. The van der Waals surface area contributed by atoms with E-state index in [4.69, 9.17) is 0 Å². The Morgan fingerprint density at radius 1 is 1.25 bits per heavy atom. The zero-order valence-corrected chi connectivity index (χ0v) is 11.2. The summed E-state index contributed by atoms with van der Waals surface area (Å²) in [6.07, 6.45) is 4.06. The topological polar surface area (TPSA) is 41.3 Å². The summed E-state index contributed by atoms with van der Waals surface area (Å²) < 4.78 is 14.6. The van der Waals surface area contributed by atoms with Gasteiger partial charge < -0.3 is 5.11 Å². The molecule has 1 aliphatic rings. The largest absolute Gasteiger partial charge is 0.395 e. The van der Waals surface area contributed by atoms with Crippen LogP contribution in [-0.2, 0) is 6.54 Å². The number of nitrogens with zero attached hydrogens (tertiary/aromatic N) is 3. The van der Waals surface area contributed by atoms with Crippen molar-refractivity contribution in [2.24, 2.45) is 0 Å². The smallest absolute Gasteiger partial charge is 0.123 e. The highest BCUT2D eigenvalue weighted by atomic mass is 19.1. The van der Waals surface area contributed by atoms with Gasteiger partial charge in [-0.05, 0) is 49.7 Å². The summed E-state index contributed by atoms with van der Waals surface area (Å²) in [6.45, 7) is 1.97. The second-order valence-electron chi connectivity index (χ2n) is 5.18. The second-order valence-corrected chi connectivity index (χ2v) is 5.18. The third kappa shape index (κ3) is 2.73. The van der Waals surface area contributed by atoms with E-state index >= 15 is 0 Å². The molecule has 2 heterocycles. The molecule has 5 heteroatoms. The van der Waals surface area contributed by atoms with Crippen LogP contribution in [0.5, 0.6) is 0 Å². The molecule has 1 aromatic heterocycles. The zero-order chi connectivity index (χ0) is 13.9. The molecular weight excluding hydrogens is 257 g/mol. The lowest BCUT2D eigenvalue weighted by atomic mass is 10.2. The van der Waals surface area contributed by atoms with Crippen LogP contribution in [0.25, 0.3) is 5.69 Å². The van der Waals surface area contributed by atoms with E-state index < -0.39 is 0 Å². The van der Waals surface area contributed by atoms with Crippen LogP contribution in [0.2, 0.25) is 0 Å². The summed E-state index contributed by atoms with van der Waals surface area (Å²) in [5.41, 5.74) is 1.81. The summed E-state index contributed by atoms with van der Waals surface area (Å²) in [6, 6.07) is 8.50. The first-order valence-electron chi connectivity index (χ1n) is 6.91. The second kappa shape index (κ2) is 5.73. The number of halogens is 1.